The summed E-state index contributed by atoms with van der Waals surface area (Å²) in [4.78, 5) is 25.8. The van der Waals surface area contributed by atoms with Crippen LogP contribution in [0.15, 0.2) is 48.5 Å². The van der Waals surface area contributed by atoms with Crippen LogP contribution in [0.25, 0.3) is 0 Å². The minimum Gasteiger partial charge on any atom is -0.461 e. The van der Waals surface area contributed by atoms with Gasteiger partial charge < -0.3 is 20.9 Å². The smallest absolute Gasteiger partial charge is 0.340 e. The standard InChI is InChI=1S/C19H23N3O4/c1-22(10-12-25-18(23)14-6-2-4-8-16(14)20)11-13-26-19(24)15-7-3-5-9-17(15)21/h2-9H,10-13,20-21H2,1H3. The summed E-state index contributed by atoms with van der Waals surface area (Å²) in [5.41, 5.74) is 13.0. The molecule has 0 fully saturated rings. The fourth-order valence-corrected chi connectivity index (χ4v) is 2.22. The van der Waals surface area contributed by atoms with Crippen LogP contribution in [0.1, 0.15) is 20.7 Å². The van der Waals surface area contributed by atoms with Crippen LogP contribution in [-0.4, -0.2) is 50.2 Å². The van der Waals surface area contributed by atoms with Crippen molar-refractivity contribution in [2.75, 3.05) is 44.8 Å². The monoisotopic (exact) mass is 357 g/mol. The van der Waals surface area contributed by atoms with E-state index in [0.29, 0.717) is 35.6 Å². The van der Waals surface area contributed by atoms with Crippen molar-refractivity contribution < 1.29 is 19.1 Å². The summed E-state index contributed by atoms with van der Waals surface area (Å²) in [6.07, 6.45) is 0. The van der Waals surface area contributed by atoms with Crippen LogP contribution in [0.3, 0.4) is 0 Å². The molecule has 0 aliphatic heterocycles. The maximum Gasteiger partial charge on any atom is 0.340 e. The number of para-hydroxylation sites is 2. The Balaban J connectivity index is 1.67. The molecule has 0 aliphatic carbocycles. The third-order valence-electron chi connectivity index (χ3n) is 3.77. The van der Waals surface area contributed by atoms with E-state index in [9.17, 15) is 9.59 Å². The number of nitrogens with zero attached hydrogens (tertiary/aromatic N) is 1. The Morgan fingerprint density at radius 1 is 0.808 bits per heavy atom. The molecule has 0 heterocycles. The van der Waals surface area contributed by atoms with Gasteiger partial charge in [-0.2, -0.15) is 0 Å². The Morgan fingerprint density at radius 3 is 1.58 bits per heavy atom. The highest BCUT2D eigenvalue weighted by Gasteiger charge is 2.12. The van der Waals surface area contributed by atoms with E-state index in [0.717, 1.165) is 0 Å². The molecular formula is C19H23N3O4. The molecule has 0 saturated heterocycles. The van der Waals surface area contributed by atoms with E-state index < -0.39 is 11.9 Å². The molecule has 4 N–H and O–H groups in total. The van der Waals surface area contributed by atoms with Crippen molar-refractivity contribution in [2.24, 2.45) is 0 Å². The Bertz CT molecular complexity index is 700. The molecule has 0 atom stereocenters. The molecule has 7 heteroatoms. The number of carbonyl (C=O) groups is 2. The first-order valence-corrected chi connectivity index (χ1v) is 8.21. The third kappa shape index (κ3) is 5.49. The van der Waals surface area contributed by atoms with Crippen LogP contribution in [0.5, 0.6) is 0 Å². The molecule has 0 bridgehead atoms. The van der Waals surface area contributed by atoms with Gasteiger partial charge in [-0.3, -0.25) is 4.90 Å². The molecule has 26 heavy (non-hydrogen) atoms. The quantitative estimate of drug-likeness (QED) is 0.548. The molecule has 0 saturated carbocycles. The summed E-state index contributed by atoms with van der Waals surface area (Å²) in [5.74, 6) is -0.912. The Kier molecular flexibility index (Phi) is 6.99. The summed E-state index contributed by atoms with van der Waals surface area (Å²) >= 11 is 0. The van der Waals surface area contributed by atoms with Crippen molar-refractivity contribution in [3.05, 3.63) is 59.7 Å². The van der Waals surface area contributed by atoms with E-state index >= 15 is 0 Å². The minimum absolute atomic E-state index is 0.212. The normalized spacial score (nSPS) is 10.5. The van der Waals surface area contributed by atoms with Crippen molar-refractivity contribution >= 4 is 23.3 Å². The second kappa shape index (κ2) is 9.43. The highest BCUT2D eigenvalue weighted by molar-refractivity contribution is 5.95. The second-order valence-corrected chi connectivity index (χ2v) is 5.75. The Labute approximate surface area is 152 Å². The van der Waals surface area contributed by atoms with Gasteiger partial charge in [-0.25, -0.2) is 9.59 Å². The zero-order valence-electron chi connectivity index (χ0n) is 14.7. The van der Waals surface area contributed by atoms with E-state index in [1.54, 1.807) is 48.5 Å². The summed E-state index contributed by atoms with van der Waals surface area (Å²) < 4.78 is 10.4. The number of rotatable bonds is 8. The predicted molar refractivity (Wildman–Crippen MR) is 99.8 cm³/mol. The van der Waals surface area contributed by atoms with E-state index in [1.165, 1.54) is 0 Å². The van der Waals surface area contributed by atoms with Crippen molar-refractivity contribution in [3.8, 4) is 0 Å². The predicted octanol–water partition coefficient (Wildman–Crippen LogP) is 1.80. The topological polar surface area (TPSA) is 108 Å². The zero-order chi connectivity index (χ0) is 18.9. The van der Waals surface area contributed by atoms with Crippen LogP contribution in [-0.2, 0) is 9.47 Å². The summed E-state index contributed by atoms with van der Waals surface area (Å²) in [5, 5.41) is 0. The maximum atomic E-state index is 11.9. The minimum atomic E-state index is -0.456. The van der Waals surface area contributed by atoms with E-state index in [-0.39, 0.29) is 13.2 Å². The van der Waals surface area contributed by atoms with E-state index in [2.05, 4.69) is 0 Å². The average molecular weight is 357 g/mol. The third-order valence-corrected chi connectivity index (χ3v) is 3.77. The van der Waals surface area contributed by atoms with Crippen molar-refractivity contribution in [2.45, 2.75) is 0 Å². The molecule has 2 aromatic carbocycles. The van der Waals surface area contributed by atoms with Crippen LogP contribution in [0.2, 0.25) is 0 Å². The number of hydrogen-bond donors (Lipinski definition) is 2. The summed E-state index contributed by atoms with van der Waals surface area (Å²) in [7, 11) is 1.84. The van der Waals surface area contributed by atoms with Crippen molar-refractivity contribution in [1.29, 1.82) is 0 Å². The van der Waals surface area contributed by atoms with Gasteiger partial charge in [-0.15, -0.1) is 0 Å². The van der Waals surface area contributed by atoms with Crippen LogP contribution in [0, 0.1) is 0 Å². The lowest BCUT2D eigenvalue weighted by Crippen LogP contribution is -2.28. The lowest BCUT2D eigenvalue weighted by Gasteiger charge is -2.16. The average Bonchev–Trinajstić information content (AvgIpc) is 2.62. The molecule has 7 nitrogen and oxygen atoms in total. The molecular weight excluding hydrogens is 334 g/mol. The lowest BCUT2D eigenvalue weighted by atomic mass is 10.2. The Hall–Kier alpha value is -3.06. The number of hydrogen-bond acceptors (Lipinski definition) is 7. The molecule has 0 spiro atoms. The molecule has 138 valence electrons. The second-order valence-electron chi connectivity index (χ2n) is 5.75. The highest BCUT2D eigenvalue weighted by Crippen LogP contribution is 2.12. The number of ether oxygens (including phenoxy) is 2. The van der Waals surface area contributed by atoms with Crippen molar-refractivity contribution in [3.63, 3.8) is 0 Å². The number of likely N-dealkylation sites (N-methyl/N-ethyl adjacent to an activating group) is 1. The van der Waals surface area contributed by atoms with Crippen LogP contribution < -0.4 is 11.5 Å². The lowest BCUT2D eigenvalue weighted by molar-refractivity contribution is 0.0421. The summed E-state index contributed by atoms with van der Waals surface area (Å²) in [6, 6.07) is 13.5. The van der Waals surface area contributed by atoms with Gasteiger partial charge in [-0.1, -0.05) is 24.3 Å². The van der Waals surface area contributed by atoms with Gasteiger partial charge in [0, 0.05) is 24.5 Å². The fraction of sp³-hybridized carbons (Fsp3) is 0.263. The van der Waals surface area contributed by atoms with Gasteiger partial charge in [0.15, 0.2) is 0 Å². The number of anilines is 2. The van der Waals surface area contributed by atoms with Gasteiger partial charge in [0.2, 0.25) is 0 Å². The number of carbonyl (C=O) groups excluding carboxylic acids is 2. The number of benzene rings is 2. The largest absolute Gasteiger partial charge is 0.461 e. The summed E-state index contributed by atoms with van der Waals surface area (Å²) in [6.45, 7) is 1.43. The van der Waals surface area contributed by atoms with Crippen molar-refractivity contribution in [1.82, 2.24) is 4.90 Å². The molecule has 0 radical (unpaired) electrons. The van der Waals surface area contributed by atoms with Gasteiger partial charge >= 0.3 is 11.9 Å². The number of nitrogens with two attached hydrogens (primary N) is 2. The first-order chi connectivity index (χ1) is 12.5. The van der Waals surface area contributed by atoms with Gasteiger partial charge in [0.05, 0.1) is 11.1 Å². The molecule has 0 aromatic heterocycles. The van der Waals surface area contributed by atoms with Crippen LogP contribution >= 0.6 is 0 Å². The zero-order valence-corrected chi connectivity index (χ0v) is 14.7. The molecule has 2 aromatic rings. The molecule has 0 aliphatic rings. The number of esters is 2. The molecule has 2 rings (SSSR count). The van der Waals surface area contributed by atoms with Gasteiger partial charge in [0.1, 0.15) is 13.2 Å². The molecule has 0 amide bonds. The van der Waals surface area contributed by atoms with Crippen LogP contribution in [0.4, 0.5) is 11.4 Å². The molecule has 0 unspecified atom stereocenters. The Morgan fingerprint density at radius 2 is 1.19 bits per heavy atom. The number of nitrogen functional groups attached to an aromatic ring is 2. The highest BCUT2D eigenvalue weighted by atomic mass is 16.5. The fourth-order valence-electron chi connectivity index (χ4n) is 2.22. The first kappa shape index (κ1) is 19.3. The van der Waals surface area contributed by atoms with Gasteiger partial charge in [0.25, 0.3) is 0 Å². The van der Waals surface area contributed by atoms with Gasteiger partial charge in [-0.05, 0) is 31.3 Å². The maximum absolute atomic E-state index is 11.9. The van der Waals surface area contributed by atoms with E-state index in [4.69, 9.17) is 20.9 Å². The van der Waals surface area contributed by atoms with E-state index in [1.807, 2.05) is 11.9 Å². The SMILES string of the molecule is CN(CCOC(=O)c1ccccc1N)CCOC(=O)c1ccccc1N. The first-order valence-electron chi connectivity index (χ1n) is 8.21.